The molecule has 0 fully saturated rings. The molecule has 0 aromatic heterocycles. The Bertz CT molecular complexity index is 432. The van der Waals surface area contributed by atoms with E-state index in [1.54, 1.807) is 0 Å². The fourth-order valence-electron chi connectivity index (χ4n) is 1.37. The van der Waals surface area contributed by atoms with Gasteiger partial charge in [-0.2, -0.15) is 0 Å². The number of nitrogen functional groups attached to an aromatic ring is 1. The van der Waals surface area contributed by atoms with Crippen molar-refractivity contribution in [3.63, 3.8) is 0 Å². The molecule has 18 heavy (non-hydrogen) atoms. The van der Waals surface area contributed by atoms with Gasteiger partial charge in [0, 0.05) is 11.8 Å². The molecule has 0 saturated carbocycles. The quantitative estimate of drug-likeness (QED) is 0.649. The van der Waals surface area contributed by atoms with Gasteiger partial charge in [-0.1, -0.05) is 13.8 Å². The van der Waals surface area contributed by atoms with Crippen molar-refractivity contribution in [2.24, 2.45) is 5.92 Å². The zero-order chi connectivity index (χ0) is 13.7. The van der Waals surface area contributed by atoms with Crippen LogP contribution in [0.1, 0.15) is 30.6 Å². The first kappa shape index (κ1) is 14.3. The van der Waals surface area contributed by atoms with Gasteiger partial charge in [-0.05, 0) is 18.4 Å². The highest BCUT2D eigenvalue weighted by atomic mass is 19.1. The molecule has 0 spiro atoms. The maximum Gasteiger partial charge on any atom is 0.340 e. The van der Waals surface area contributed by atoms with Crippen LogP contribution in [0.15, 0.2) is 12.1 Å². The molecule has 5 heteroatoms. The molecule has 4 nitrogen and oxygen atoms in total. The Morgan fingerprint density at radius 2 is 2.11 bits per heavy atom. The van der Waals surface area contributed by atoms with Gasteiger partial charge in [-0.3, -0.25) is 0 Å². The number of halogens is 1. The topological polar surface area (TPSA) is 61.5 Å². The number of nitrogens with two attached hydrogens (primary N) is 1. The summed E-state index contributed by atoms with van der Waals surface area (Å²) in [5.41, 5.74) is 5.69. The zero-order valence-corrected chi connectivity index (χ0v) is 10.8. The molecule has 0 unspecified atom stereocenters. The van der Waals surface area contributed by atoms with Crippen LogP contribution in [-0.4, -0.2) is 19.7 Å². The summed E-state index contributed by atoms with van der Waals surface area (Å²) in [7, 11) is 1.24. The van der Waals surface area contributed by atoms with Crippen LogP contribution in [-0.2, 0) is 4.74 Å². The molecule has 0 aliphatic heterocycles. The van der Waals surface area contributed by atoms with Crippen LogP contribution in [0.5, 0.6) is 5.75 Å². The van der Waals surface area contributed by atoms with Crippen molar-refractivity contribution in [1.29, 1.82) is 0 Å². The van der Waals surface area contributed by atoms with Gasteiger partial charge in [0.25, 0.3) is 0 Å². The number of methoxy groups -OCH3 is 1. The number of hydrogen-bond acceptors (Lipinski definition) is 4. The third kappa shape index (κ3) is 3.61. The van der Waals surface area contributed by atoms with Crippen molar-refractivity contribution in [2.75, 3.05) is 19.5 Å². The van der Waals surface area contributed by atoms with E-state index in [1.165, 1.54) is 13.2 Å². The lowest BCUT2D eigenvalue weighted by molar-refractivity contribution is 0.0601. The fraction of sp³-hybridized carbons (Fsp3) is 0.462. The lowest BCUT2D eigenvalue weighted by Gasteiger charge is -2.11. The van der Waals surface area contributed by atoms with Crippen molar-refractivity contribution >= 4 is 11.7 Å². The van der Waals surface area contributed by atoms with Crippen LogP contribution in [0.3, 0.4) is 0 Å². The third-order valence-electron chi connectivity index (χ3n) is 2.46. The monoisotopic (exact) mass is 255 g/mol. The molecule has 1 aromatic carbocycles. The maximum absolute atomic E-state index is 13.6. The molecule has 0 aliphatic rings. The van der Waals surface area contributed by atoms with Gasteiger partial charge < -0.3 is 15.2 Å². The summed E-state index contributed by atoms with van der Waals surface area (Å²) in [6.07, 6.45) is 0.803. The van der Waals surface area contributed by atoms with Crippen LogP contribution in [0.25, 0.3) is 0 Å². The number of rotatable bonds is 5. The minimum atomic E-state index is -0.610. The van der Waals surface area contributed by atoms with E-state index >= 15 is 0 Å². The molecule has 0 aliphatic carbocycles. The highest BCUT2D eigenvalue weighted by molar-refractivity contribution is 5.95. The normalized spacial score (nSPS) is 10.5. The number of ether oxygens (including phenoxy) is 2. The van der Waals surface area contributed by atoms with E-state index in [4.69, 9.17) is 10.5 Å². The summed E-state index contributed by atoms with van der Waals surface area (Å²) in [6.45, 7) is 4.48. The van der Waals surface area contributed by atoms with Crippen molar-refractivity contribution in [3.05, 3.63) is 23.5 Å². The van der Waals surface area contributed by atoms with E-state index in [0.717, 1.165) is 12.5 Å². The second-order valence-corrected chi connectivity index (χ2v) is 4.39. The maximum atomic E-state index is 13.6. The SMILES string of the molecule is COC(=O)c1cc(OCCC(C)C)c(F)cc1N. The van der Waals surface area contributed by atoms with Crippen LogP contribution in [0.4, 0.5) is 10.1 Å². The summed E-state index contributed by atoms with van der Waals surface area (Å²) in [5, 5.41) is 0. The predicted octanol–water partition coefficient (Wildman–Crippen LogP) is 2.62. The van der Waals surface area contributed by atoms with Gasteiger partial charge in [0.2, 0.25) is 0 Å². The lowest BCUT2D eigenvalue weighted by Crippen LogP contribution is -2.08. The largest absolute Gasteiger partial charge is 0.490 e. The highest BCUT2D eigenvalue weighted by Crippen LogP contribution is 2.25. The summed E-state index contributed by atoms with van der Waals surface area (Å²) < 4.78 is 23.4. The smallest absolute Gasteiger partial charge is 0.340 e. The van der Waals surface area contributed by atoms with Crippen molar-refractivity contribution in [3.8, 4) is 5.75 Å². The minimum absolute atomic E-state index is 0.0188. The molecule has 0 amide bonds. The van der Waals surface area contributed by atoms with Crippen LogP contribution in [0.2, 0.25) is 0 Å². The van der Waals surface area contributed by atoms with E-state index < -0.39 is 11.8 Å². The minimum Gasteiger partial charge on any atom is -0.490 e. The molecule has 1 aromatic rings. The predicted molar refractivity (Wildman–Crippen MR) is 67.1 cm³/mol. The van der Waals surface area contributed by atoms with Gasteiger partial charge in [-0.15, -0.1) is 0 Å². The van der Waals surface area contributed by atoms with Crippen LogP contribution >= 0.6 is 0 Å². The molecule has 0 saturated heterocycles. The van der Waals surface area contributed by atoms with Gasteiger partial charge in [0.1, 0.15) is 0 Å². The molecule has 1 rings (SSSR count). The Morgan fingerprint density at radius 3 is 2.67 bits per heavy atom. The first-order chi connectivity index (χ1) is 8.45. The van der Waals surface area contributed by atoms with Crippen molar-refractivity contribution in [1.82, 2.24) is 0 Å². The molecule has 0 radical (unpaired) electrons. The van der Waals surface area contributed by atoms with Gasteiger partial charge in [0.05, 0.1) is 19.3 Å². The summed E-state index contributed by atoms with van der Waals surface area (Å²) in [5.74, 6) is -0.711. The Hall–Kier alpha value is -1.78. The number of benzene rings is 1. The first-order valence-electron chi connectivity index (χ1n) is 5.75. The molecule has 100 valence electrons. The number of anilines is 1. The number of hydrogen-bond donors (Lipinski definition) is 1. The number of carbonyl (C=O) groups excluding carboxylic acids is 1. The average Bonchev–Trinajstić information content (AvgIpc) is 2.30. The summed E-state index contributed by atoms with van der Waals surface area (Å²) >= 11 is 0. The standard InChI is InChI=1S/C13H18FNO3/c1-8(2)4-5-18-12-6-9(13(16)17-3)11(15)7-10(12)14/h6-8H,4-5,15H2,1-3H3. The Labute approximate surface area is 106 Å². The second kappa shape index (κ2) is 6.23. The highest BCUT2D eigenvalue weighted by Gasteiger charge is 2.15. The molecular formula is C13H18FNO3. The van der Waals surface area contributed by atoms with E-state index in [0.29, 0.717) is 12.5 Å². The third-order valence-corrected chi connectivity index (χ3v) is 2.46. The van der Waals surface area contributed by atoms with E-state index in [2.05, 4.69) is 4.74 Å². The zero-order valence-electron chi connectivity index (χ0n) is 10.8. The number of carbonyl (C=O) groups is 1. The lowest BCUT2D eigenvalue weighted by atomic mass is 10.1. The fourth-order valence-corrected chi connectivity index (χ4v) is 1.37. The van der Waals surface area contributed by atoms with E-state index in [9.17, 15) is 9.18 Å². The van der Waals surface area contributed by atoms with Gasteiger partial charge >= 0.3 is 5.97 Å². The molecule has 2 N–H and O–H groups in total. The first-order valence-corrected chi connectivity index (χ1v) is 5.75. The van der Waals surface area contributed by atoms with Gasteiger partial charge in [0.15, 0.2) is 11.6 Å². The Morgan fingerprint density at radius 1 is 1.44 bits per heavy atom. The van der Waals surface area contributed by atoms with E-state index in [1.807, 2.05) is 13.8 Å². The van der Waals surface area contributed by atoms with Crippen LogP contribution < -0.4 is 10.5 Å². The second-order valence-electron chi connectivity index (χ2n) is 4.39. The Kier molecular flexibility index (Phi) is 4.95. The molecule has 0 atom stereocenters. The van der Waals surface area contributed by atoms with Crippen molar-refractivity contribution < 1.29 is 18.7 Å². The van der Waals surface area contributed by atoms with Crippen LogP contribution in [0, 0.1) is 11.7 Å². The van der Waals surface area contributed by atoms with E-state index in [-0.39, 0.29) is 17.0 Å². The number of esters is 1. The summed E-state index contributed by atoms with van der Waals surface area (Å²) in [6, 6.07) is 2.34. The molecule has 0 heterocycles. The summed E-state index contributed by atoms with van der Waals surface area (Å²) in [4.78, 5) is 11.4. The molecule has 0 bridgehead atoms. The van der Waals surface area contributed by atoms with Gasteiger partial charge in [-0.25, -0.2) is 9.18 Å². The Balaban J connectivity index is 2.88. The molecular weight excluding hydrogens is 237 g/mol. The van der Waals surface area contributed by atoms with Crippen molar-refractivity contribution in [2.45, 2.75) is 20.3 Å². The average molecular weight is 255 g/mol.